The number of fused-ring (bicyclic) bond motifs is 1. The van der Waals surface area contributed by atoms with E-state index in [0.717, 1.165) is 35.5 Å². The molecule has 2 saturated heterocycles. The number of nitrogens with zero attached hydrogens (tertiary/aromatic N) is 6. The van der Waals surface area contributed by atoms with Gasteiger partial charge in [-0.1, -0.05) is 0 Å². The minimum atomic E-state index is -0.282. The van der Waals surface area contributed by atoms with E-state index in [1.807, 2.05) is 33.2 Å². The summed E-state index contributed by atoms with van der Waals surface area (Å²) < 4.78 is 15.2. The number of carbonyl (C=O) groups excluding carboxylic acids is 2. The Morgan fingerprint density at radius 3 is 2.57 bits per heavy atom. The molecule has 1 aromatic carbocycles. The normalized spacial score (nSPS) is 19.1. The maximum atomic E-state index is 13.3. The summed E-state index contributed by atoms with van der Waals surface area (Å²) in [5.41, 5.74) is 2.36. The summed E-state index contributed by atoms with van der Waals surface area (Å²) >= 11 is 1.36. The molecule has 8 nitrogen and oxygen atoms in total. The van der Waals surface area contributed by atoms with Crippen LogP contribution in [-0.2, 0) is 4.79 Å². The molecule has 0 spiro atoms. The average Bonchev–Trinajstić information content (AvgIpc) is 3.64. The molecule has 0 N–H and O–H groups in total. The van der Waals surface area contributed by atoms with Gasteiger partial charge >= 0.3 is 0 Å². The van der Waals surface area contributed by atoms with Crippen LogP contribution < -0.4 is 4.90 Å². The maximum absolute atomic E-state index is 13.3. The van der Waals surface area contributed by atoms with Crippen molar-refractivity contribution in [3.05, 3.63) is 71.2 Å². The fraction of sp³-hybridized carbons (Fsp3) is 0.280. The van der Waals surface area contributed by atoms with Crippen molar-refractivity contribution >= 4 is 39.9 Å². The van der Waals surface area contributed by atoms with E-state index in [1.165, 1.54) is 23.5 Å². The van der Waals surface area contributed by atoms with Crippen LogP contribution in [-0.4, -0.2) is 74.9 Å². The van der Waals surface area contributed by atoms with Gasteiger partial charge in [0, 0.05) is 74.0 Å². The Morgan fingerprint density at radius 1 is 1.03 bits per heavy atom. The maximum Gasteiger partial charge on any atom is 0.282 e. The number of carbonyl (C=O) groups is 2. The van der Waals surface area contributed by atoms with E-state index in [9.17, 15) is 14.0 Å². The predicted molar refractivity (Wildman–Crippen MR) is 131 cm³/mol. The summed E-state index contributed by atoms with van der Waals surface area (Å²) in [4.78, 5) is 40.2. The third-order valence-corrected chi connectivity index (χ3v) is 7.53. The molecule has 0 saturated carbocycles. The molecule has 0 radical (unpaired) electrons. The molecule has 2 fully saturated rings. The Bertz CT molecular complexity index is 1380. The molecule has 6 rings (SSSR count). The van der Waals surface area contributed by atoms with E-state index in [2.05, 4.69) is 14.9 Å². The van der Waals surface area contributed by atoms with Crippen molar-refractivity contribution in [2.75, 3.05) is 37.6 Å². The summed E-state index contributed by atoms with van der Waals surface area (Å²) in [7, 11) is 0. The number of anilines is 1. The quantitative estimate of drug-likeness (QED) is 0.439. The molecule has 5 heterocycles. The fourth-order valence-electron chi connectivity index (χ4n) is 4.91. The second-order valence-corrected chi connectivity index (χ2v) is 9.69. The van der Waals surface area contributed by atoms with E-state index in [-0.39, 0.29) is 23.7 Å². The van der Waals surface area contributed by atoms with Gasteiger partial charge in [-0.15, -0.1) is 11.3 Å². The molecule has 4 aromatic rings. The van der Waals surface area contributed by atoms with Crippen molar-refractivity contribution in [3.8, 4) is 5.69 Å². The monoisotopic (exact) mass is 490 g/mol. The highest BCUT2D eigenvalue weighted by Crippen LogP contribution is 2.28. The lowest BCUT2D eigenvalue weighted by Crippen LogP contribution is -2.52. The van der Waals surface area contributed by atoms with Gasteiger partial charge in [0.1, 0.15) is 11.5 Å². The van der Waals surface area contributed by atoms with Gasteiger partial charge < -0.3 is 14.4 Å². The summed E-state index contributed by atoms with van der Waals surface area (Å²) in [6.07, 6.45) is 5.73. The number of pyridine rings is 1. The highest BCUT2D eigenvalue weighted by atomic mass is 32.1. The highest BCUT2D eigenvalue weighted by Gasteiger charge is 2.36. The van der Waals surface area contributed by atoms with Gasteiger partial charge in [0.2, 0.25) is 5.91 Å². The predicted octanol–water partition coefficient (Wildman–Crippen LogP) is 3.18. The number of amides is 2. The Kier molecular flexibility index (Phi) is 5.54. The second kappa shape index (κ2) is 8.86. The van der Waals surface area contributed by atoms with Crippen molar-refractivity contribution in [3.63, 3.8) is 0 Å². The number of thiazole rings is 1. The number of rotatable bonds is 4. The van der Waals surface area contributed by atoms with Gasteiger partial charge in [0.25, 0.3) is 5.91 Å². The molecular weight excluding hydrogens is 467 g/mol. The molecular formula is C25H23FN6O2S. The topological polar surface area (TPSA) is 74.6 Å². The number of benzene rings is 1. The van der Waals surface area contributed by atoms with Crippen molar-refractivity contribution < 1.29 is 14.0 Å². The fourth-order valence-corrected chi connectivity index (χ4v) is 5.51. The molecule has 0 bridgehead atoms. The van der Waals surface area contributed by atoms with Crippen LogP contribution in [0.15, 0.2) is 60.4 Å². The molecule has 1 atom stereocenters. The molecule has 35 heavy (non-hydrogen) atoms. The number of hydrogen-bond acceptors (Lipinski definition) is 6. The summed E-state index contributed by atoms with van der Waals surface area (Å²) in [6.45, 7) is 3.34. The van der Waals surface area contributed by atoms with Crippen molar-refractivity contribution in [1.82, 2.24) is 24.3 Å². The zero-order valence-electron chi connectivity index (χ0n) is 18.9. The third kappa shape index (κ3) is 4.08. The van der Waals surface area contributed by atoms with Crippen LogP contribution in [0, 0.1) is 5.82 Å². The van der Waals surface area contributed by atoms with Gasteiger partial charge in [0.05, 0.1) is 11.9 Å². The first-order valence-electron chi connectivity index (χ1n) is 11.5. The van der Waals surface area contributed by atoms with Gasteiger partial charge in [-0.25, -0.2) is 14.4 Å². The van der Waals surface area contributed by atoms with E-state index < -0.39 is 0 Å². The standard InChI is InChI=1S/C25H23FN6O2S/c26-18-1-3-19(4-2-18)31-7-5-17-13-20(15-28-23(17)31)32-16-21(14-22(32)33)29-8-10-30(11-9-29)25(34)24-27-6-12-35-24/h1-7,12-13,15,21H,8-11,14,16H2. The average molecular weight is 491 g/mol. The van der Waals surface area contributed by atoms with Crippen molar-refractivity contribution in [1.29, 1.82) is 0 Å². The molecule has 10 heteroatoms. The molecule has 2 aliphatic heterocycles. The molecule has 1 unspecified atom stereocenters. The molecule has 2 aliphatic rings. The Labute approximate surface area is 205 Å². The SMILES string of the molecule is O=C(c1nccs1)N1CCN(C2CC(=O)N(c3cnc4c(ccn4-c4ccc(F)cc4)c3)C2)CC1. The Morgan fingerprint density at radius 2 is 1.83 bits per heavy atom. The largest absolute Gasteiger partial charge is 0.334 e. The van der Waals surface area contributed by atoms with Crippen molar-refractivity contribution in [2.45, 2.75) is 12.5 Å². The van der Waals surface area contributed by atoms with E-state index >= 15 is 0 Å². The van der Waals surface area contributed by atoms with Crippen LogP contribution in [0.5, 0.6) is 0 Å². The van der Waals surface area contributed by atoms with Crippen molar-refractivity contribution in [2.24, 2.45) is 0 Å². The van der Waals surface area contributed by atoms with Crippen LogP contribution >= 0.6 is 11.3 Å². The lowest BCUT2D eigenvalue weighted by molar-refractivity contribution is -0.117. The highest BCUT2D eigenvalue weighted by molar-refractivity contribution is 7.11. The van der Waals surface area contributed by atoms with Gasteiger partial charge in [-0.05, 0) is 36.4 Å². The van der Waals surface area contributed by atoms with E-state index in [4.69, 9.17) is 0 Å². The first-order chi connectivity index (χ1) is 17.1. The summed E-state index contributed by atoms with van der Waals surface area (Å²) in [6, 6.07) is 10.3. The van der Waals surface area contributed by atoms with Crippen LogP contribution in [0.3, 0.4) is 0 Å². The minimum Gasteiger partial charge on any atom is -0.334 e. The zero-order valence-corrected chi connectivity index (χ0v) is 19.7. The number of piperazine rings is 1. The molecule has 3 aromatic heterocycles. The number of halogens is 1. The lowest BCUT2D eigenvalue weighted by atomic mass is 10.2. The second-order valence-electron chi connectivity index (χ2n) is 8.80. The number of aromatic nitrogens is 3. The lowest BCUT2D eigenvalue weighted by Gasteiger charge is -2.37. The number of hydrogen-bond donors (Lipinski definition) is 0. The molecule has 178 valence electrons. The van der Waals surface area contributed by atoms with Gasteiger partial charge in [0.15, 0.2) is 5.01 Å². The first kappa shape index (κ1) is 21.9. The minimum absolute atomic E-state index is 0.0178. The zero-order chi connectivity index (χ0) is 23.9. The molecule has 2 amide bonds. The molecule has 0 aliphatic carbocycles. The van der Waals surface area contributed by atoms with Crippen LogP contribution in [0.4, 0.5) is 10.1 Å². The smallest absolute Gasteiger partial charge is 0.282 e. The van der Waals surface area contributed by atoms with Crippen LogP contribution in [0.1, 0.15) is 16.2 Å². The van der Waals surface area contributed by atoms with E-state index in [1.54, 1.807) is 29.4 Å². The van der Waals surface area contributed by atoms with Gasteiger partial charge in [-0.2, -0.15) is 0 Å². The summed E-state index contributed by atoms with van der Waals surface area (Å²) in [5, 5.41) is 3.25. The van der Waals surface area contributed by atoms with E-state index in [0.29, 0.717) is 31.1 Å². The summed E-state index contributed by atoms with van der Waals surface area (Å²) in [5.74, 6) is -0.221. The third-order valence-electron chi connectivity index (χ3n) is 6.77. The van der Waals surface area contributed by atoms with Gasteiger partial charge in [-0.3, -0.25) is 14.5 Å². The Balaban J connectivity index is 1.14. The Hall–Kier alpha value is -3.63. The van der Waals surface area contributed by atoms with Crippen LogP contribution in [0.25, 0.3) is 16.7 Å². The first-order valence-corrected chi connectivity index (χ1v) is 12.4. The van der Waals surface area contributed by atoms with Crippen LogP contribution in [0.2, 0.25) is 0 Å².